The minimum Gasteiger partial charge on any atom is -0.495 e. The van der Waals surface area contributed by atoms with Gasteiger partial charge in [-0.25, -0.2) is 0 Å². The van der Waals surface area contributed by atoms with Gasteiger partial charge in [0.2, 0.25) is 0 Å². The van der Waals surface area contributed by atoms with E-state index in [4.69, 9.17) is 9.84 Å². The summed E-state index contributed by atoms with van der Waals surface area (Å²) >= 11 is 6.88. The van der Waals surface area contributed by atoms with Crippen LogP contribution in [0.1, 0.15) is 15.9 Å². The van der Waals surface area contributed by atoms with Gasteiger partial charge in [-0.1, -0.05) is 52.3 Å². The van der Waals surface area contributed by atoms with Crippen molar-refractivity contribution in [2.45, 2.75) is 6.92 Å². The maximum absolute atomic E-state index is 13.1. The third-order valence-electron chi connectivity index (χ3n) is 5.41. The molecule has 4 aromatic carbocycles. The first-order valence-electron chi connectivity index (χ1n) is 10.1. The quantitative estimate of drug-likeness (QED) is 0.264. The van der Waals surface area contributed by atoms with Crippen LogP contribution in [0.25, 0.3) is 27.5 Å². The number of hydrogen-bond donors (Lipinski definition) is 1. The number of benzene rings is 4. The van der Waals surface area contributed by atoms with E-state index in [2.05, 4.69) is 60.5 Å². The molecule has 6 nitrogen and oxygen atoms in total. The molecule has 1 amide bonds. The Kier molecular flexibility index (Phi) is 5.64. The molecular formula is C25H18Br2N4O2. The summed E-state index contributed by atoms with van der Waals surface area (Å²) in [6, 6.07) is 21.5. The summed E-state index contributed by atoms with van der Waals surface area (Å²) in [4.78, 5) is 14.7. The largest absolute Gasteiger partial charge is 0.495 e. The van der Waals surface area contributed by atoms with Crippen LogP contribution in [0.5, 0.6) is 5.75 Å². The fourth-order valence-electron chi connectivity index (χ4n) is 3.82. The number of methoxy groups -OCH3 is 1. The molecule has 33 heavy (non-hydrogen) atoms. The number of anilines is 1. The second-order valence-corrected chi connectivity index (χ2v) is 9.34. The smallest absolute Gasteiger partial charge is 0.259 e. The molecule has 0 aliphatic rings. The predicted octanol–water partition coefficient (Wildman–Crippen LogP) is 6.67. The Morgan fingerprint density at radius 1 is 0.970 bits per heavy atom. The highest BCUT2D eigenvalue weighted by atomic mass is 79.9. The molecular weight excluding hydrogens is 548 g/mol. The fraction of sp³-hybridized carbons (Fsp3) is 0.0800. The topological polar surface area (TPSA) is 69.0 Å². The van der Waals surface area contributed by atoms with E-state index < -0.39 is 0 Å². The van der Waals surface area contributed by atoms with Crippen LogP contribution in [0.3, 0.4) is 0 Å². The molecule has 164 valence electrons. The monoisotopic (exact) mass is 564 g/mol. The Balaban J connectivity index is 1.54. The average Bonchev–Trinajstić information content (AvgIpc) is 3.20. The lowest BCUT2D eigenvalue weighted by Crippen LogP contribution is -2.14. The van der Waals surface area contributed by atoms with Crippen LogP contribution in [-0.4, -0.2) is 28.0 Å². The summed E-state index contributed by atoms with van der Waals surface area (Å²) in [7, 11) is 1.54. The van der Waals surface area contributed by atoms with Gasteiger partial charge in [-0.3, -0.25) is 4.79 Å². The van der Waals surface area contributed by atoms with Gasteiger partial charge in [-0.15, -0.1) is 15.0 Å². The van der Waals surface area contributed by atoms with Gasteiger partial charge in [0, 0.05) is 15.5 Å². The van der Waals surface area contributed by atoms with Crippen molar-refractivity contribution in [1.29, 1.82) is 0 Å². The molecule has 0 fully saturated rings. The van der Waals surface area contributed by atoms with Gasteiger partial charge in [-0.2, -0.15) is 0 Å². The number of nitrogens with zero attached hydrogens (tertiary/aromatic N) is 3. The Bertz CT molecular complexity index is 1540. The van der Waals surface area contributed by atoms with E-state index >= 15 is 0 Å². The summed E-state index contributed by atoms with van der Waals surface area (Å²) in [6.45, 7) is 1.93. The number of rotatable bonds is 4. The number of aryl methyl sites for hydroxylation is 1. The van der Waals surface area contributed by atoms with Gasteiger partial charge in [0.05, 0.1) is 22.8 Å². The van der Waals surface area contributed by atoms with Gasteiger partial charge < -0.3 is 10.1 Å². The molecule has 0 aliphatic carbocycles. The molecule has 0 saturated heterocycles. The molecule has 0 unspecified atom stereocenters. The van der Waals surface area contributed by atoms with Crippen molar-refractivity contribution in [3.63, 3.8) is 0 Å². The Labute approximate surface area is 206 Å². The van der Waals surface area contributed by atoms with Crippen molar-refractivity contribution in [2.75, 3.05) is 12.4 Å². The van der Waals surface area contributed by atoms with E-state index in [0.717, 1.165) is 32.0 Å². The highest BCUT2D eigenvalue weighted by Crippen LogP contribution is 2.33. The summed E-state index contributed by atoms with van der Waals surface area (Å²) in [5.41, 5.74) is 4.30. The molecule has 1 aromatic heterocycles. The van der Waals surface area contributed by atoms with Crippen LogP contribution >= 0.6 is 31.9 Å². The maximum Gasteiger partial charge on any atom is 0.259 e. The van der Waals surface area contributed by atoms with E-state index in [0.29, 0.717) is 27.0 Å². The molecule has 5 rings (SSSR count). The zero-order valence-electron chi connectivity index (χ0n) is 17.8. The molecule has 8 heteroatoms. The molecule has 1 heterocycles. The van der Waals surface area contributed by atoms with Gasteiger partial charge in [0.25, 0.3) is 5.91 Å². The van der Waals surface area contributed by atoms with Crippen LogP contribution in [-0.2, 0) is 0 Å². The van der Waals surface area contributed by atoms with Crippen molar-refractivity contribution in [1.82, 2.24) is 15.0 Å². The molecule has 0 radical (unpaired) electrons. The molecule has 1 N–H and O–H groups in total. The van der Waals surface area contributed by atoms with Gasteiger partial charge >= 0.3 is 0 Å². The maximum atomic E-state index is 13.1. The number of amides is 1. The third-order valence-corrected chi connectivity index (χ3v) is 6.46. The van der Waals surface area contributed by atoms with Gasteiger partial charge in [0.1, 0.15) is 16.8 Å². The van der Waals surface area contributed by atoms with Crippen LogP contribution in [0, 0.1) is 6.92 Å². The van der Waals surface area contributed by atoms with Gasteiger partial charge in [-0.05, 0) is 64.1 Å². The number of carbonyl (C=O) groups excluding carboxylic acids is 1. The van der Waals surface area contributed by atoms with E-state index in [9.17, 15) is 4.79 Å². The summed E-state index contributed by atoms with van der Waals surface area (Å²) in [5, 5.41) is 14.6. The van der Waals surface area contributed by atoms with Gasteiger partial charge in [0.15, 0.2) is 0 Å². The second kappa shape index (κ2) is 8.61. The number of nitrogens with one attached hydrogen (secondary N) is 1. The lowest BCUT2D eigenvalue weighted by molar-refractivity contribution is 0.102. The van der Waals surface area contributed by atoms with Crippen LogP contribution in [0.4, 0.5) is 5.69 Å². The molecule has 5 aromatic rings. The van der Waals surface area contributed by atoms with Crippen molar-refractivity contribution in [3.05, 3.63) is 86.8 Å². The number of carbonyl (C=O) groups is 1. The molecule has 0 bridgehead atoms. The van der Waals surface area contributed by atoms with E-state index in [-0.39, 0.29) is 5.91 Å². The first kappa shape index (κ1) is 21.6. The fourth-order valence-corrected chi connectivity index (χ4v) is 5.21. The minimum absolute atomic E-state index is 0.280. The number of ether oxygens (including phenoxy) is 1. The molecule has 0 aliphatic heterocycles. The van der Waals surface area contributed by atoms with Crippen LogP contribution < -0.4 is 10.1 Å². The molecule has 0 spiro atoms. The van der Waals surface area contributed by atoms with Crippen LogP contribution in [0.2, 0.25) is 0 Å². The predicted molar refractivity (Wildman–Crippen MR) is 137 cm³/mol. The summed E-state index contributed by atoms with van der Waals surface area (Å²) in [6.07, 6.45) is 0. The Hall–Kier alpha value is -3.23. The number of hydrogen-bond acceptors (Lipinski definition) is 4. The molecule has 0 saturated carbocycles. The second-order valence-electron chi connectivity index (χ2n) is 7.57. The van der Waals surface area contributed by atoms with Crippen molar-refractivity contribution in [2.24, 2.45) is 0 Å². The lowest BCUT2D eigenvalue weighted by atomic mass is 10.1. The lowest BCUT2D eigenvalue weighted by Gasteiger charge is -2.13. The zero-order valence-corrected chi connectivity index (χ0v) is 20.9. The minimum atomic E-state index is -0.280. The third kappa shape index (κ3) is 4.00. The number of fused-ring (bicyclic) bond motifs is 2. The first-order valence-corrected chi connectivity index (χ1v) is 11.7. The zero-order chi connectivity index (χ0) is 23.1. The summed E-state index contributed by atoms with van der Waals surface area (Å²) in [5.74, 6) is 0.189. The normalized spacial score (nSPS) is 11.2. The van der Waals surface area contributed by atoms with E-state index in [1.807, 2.05) is 49.4 Å². The number of halogens is 2. The van der Waals surface area contributed by atoms with Crippen molar-refractivity contribution < 1.29 is 9.53 Å². The average molecular weight is 566 g/mol. The number of aromatic nitrogens is 3. The highest BCUT2D eigenvalue weighted by Gasteiger charge is 2.18. The standard InChI is InChI=1S/C25H18Br2N4O2/c1-14-10-21-22(30-31(29-21)23-9-5-7-15-6-3-4-8-17(15)23)13-20(14)28-25(32)18-11-16(26)12-19(27)24(18)33-2/h3-13H,1-2H3,(H,28,32). The van der Waals surface area contributed by atoms with E-state index in [1.54, 1.807) is 10.9 Å². The van der Waals surface area contributed by atoms with Crippen molar-refractivity contribution >= 4 is 65.3 Å². The first-order chi connectivity index (χ1) is 15.9. The van der Waals surface area contributed by atoms with Crippen LogP contribution in [0.15, 0.2) is 75.7 Å². The Morgan fingerprint density at radius 2 is 1.70 bits per heavy atom. The summed E-state index contributed by atoms with van der Waals surface area (Å²) < 4.78 is 6.88. The molecule has 0 atom stereocenters. The van der Waals surface area contributed by atoms with E-state index in [1.165, 1.54) is 7.11 Å². The highest BCUT2D eigenvalue weighted by molar-refractivity contribution is 9.11. The Morgan fingerprint density at radius 3 is 2.48 bits per heavy atom. The SMILES string of the molecule is COc1c(Br)cc(Br)cc1C(=O)Nc1cc2nn(-c3cccc4ccccc34)nc2cc1C. The van der Waals surface area contributed by atoms with Crippen molar-refractivity contribution in [3.8, 4) is 11.4 Å².